The Morgan fingerprint density at radius 1 is 1.23 bits per heavy atom. The van der Waals surface area contributed by atoms with E-state index < -0.39 is 0 Å². The van der Waals surface area contributed by atoms with Gasteiger partial charge in [0.2, 0.25) is 0 Å². The van der Waals surface area contributed by atoms with Crippen molar-refractivity contribution in [3.8, 4) is 0 Å². The van der Waals surface area contributed by atoms with Gasteiger partial charge in [0.25, 0.3) is 0 Å². The van der Waals surface area contributed by atoms with Crippen LogP contribution in [0.2, 0.25) is 0 Å². The highest BCUT2D eigenvalue weighted by Gasteiger charge is 2.18. The summed E-state index contributed by atoms with van der Waals surface area (Å²) < 4.78 is 5.00. The van der Waals surface area contributed by atoms with Crippen LogP contribution in [0.1, 0.15) is 30.5 Å². The lowest BCUT2D eigenvalue weighted by atomic mass is 10.0. The summed E-state index contributed by atoms with van der Waals surface area (Å²) in [7, 11) is 0. The third-order valence-corrected chi connectivity index (χ3v) is 4.32. The lowest BCUT2D eigenvalue weighted by molar-refractivity contribution is 0.237. The minimum Gasteiger partial charge on any atom is -0.451 e. The molecular formula is C18H25N3O. The molecule has 1 atom stereocenters. The molecule has 22 heavy (non-hydrogen) atoms. The summed E-state index contributed by atoms with van der Waals surface area (Å²) in [5, 5.41) is 3.52. The van der Waals surface area contributed by atoms with E-state index in [4.69, 9.17) is 4.42 Å². The monoisotopic (exact) mass is 299 g/mol. The molecule has 3 rings (SSSR count). The van der Waals surface area contributed by atoms with E-state index in [0.717, 1.165) is 31.2 Å². The van der Waals surface area contributed by atoms with Gasteiger partial charge in [-0.15, -0.1) is 0 Å². The Morgan fingerprint density at radius 3 is 2.95 bits per heavy atom. The number of benzene rings is 1. The molecule has 1 fully saturated rings. The Morgan fingerprint density at radius 2 is 2.14 bits per heavy atom. The van der Waals surface area contributed by atoms with E-state index in [2.05, 4.69) is 45.5 Å². The highest BCUT2D eigenvalue weighted by Crippen LogP contribution is 2.18. The van der Waals surface area contributed by atoms with Crippen LogP contribution in [0.5, 0.6) is 0 Å². The minimum absolute atomic E-state index is 0.720. The summed E-state index contributed by atoms with van der Waals surface area (Å²) >= 11 is 0. The third kappa shape index (κ3) is 4.68. The molecular weight excluding hydrogens is 274 g/mol. The maximum Gasteiger partial charge on any atom is 0.180 e. The van der Waals surface area contributed by atoms with Crippen molar-refractivity contribution in [1.29, 1.82) is 0 Å². The van der Waals surface area contributed by atoms with Gasteiger partial charge in [-0.05, 0) is 37.4 Å². The van der Waals surface area contributed by atoms with E-state index in [1.54, 1.807) is 6.26 Å². The second-order valence-corrected chi connectivity index (χ2v) is 6.19. The van der Waals surface area contributed by atoms with Gasteiger partial charge < -0.3 is 9.73 Å². The molecule has 0 radical (unpaired) electrons. The van der Waals surface area contributed by atoms with Gasteiger partial charge >= 0.3 is 0 Å². The molecule has 1 aliphatic heterocycles. The predicted octanol–water partition coefficient (Wildman–Crippen LogP) is 3.07. The summed E-state index contributed by atoms with van der Waals surface area (Å²) in [6, 6.07) is 10.8. The first kappa shape index (κ1) is 15.3. The Bertz CT molecular complexity index is 527. The average Bonchev–Trinajstić information content (AvgIpc) is 2.96. The molecule has 0 saturated carbocycles. The normalized spacial score (nSPS) is 19.9. The van der Waals surface area contributed by atoms with Crippen LogP contribution in [0.4, 0.5) is 0 Å². The average molecular weight is 299 g/mol. The second-order valence-electron chi connectivity index (χ2n) is 6.19. The van der Waals surface area contributed by atoms with E-state index in [1.165, 1.54) is 44.3 Å². The number of oxazole rings is 1. The van der Waals surface area contributed by atoms with Crippen molar-refractivity contribution < 1.29 is 4.42 Å². The molecule has 0 amide bonds. The van der Waals surface area contributed by atoms with Gasteiger partial charge in [0.1, 0.15) is 6.26 Å². The maximum atomic E-state index is 5.00. The van der Waals surface area contributed by atoms with Gasteiger partial charge in [0.05, 0.1) is 5.69 Å². The zero-order chi connectivity index (χ0) is 15.0. The number of rotatable bonds is 6. The molecule has 4 heteroatoms. The SMILES string of the molecule is c1ccc(CN2CCCCC(CNCc3cocn3)C2)cc1. The minimum atomic E-state index is 0.720. The summed E-state index contributed by atoms with van der Waals surface area (Å²) in [6.45, 7) is 5.32. The zero-order valence-corrected chi connectivity index (χ0v) is 13.1. The lowest BCUT2D eigenvalue weighted by Gasteiger charge is -2.24. The van der Waals surface area contributed by atoms with Gasteiger partial charge in [-0.25, -0.2) is 4.98 Å². The van der Waals surface area contributed by atoms with Crippen molar-refractivity contribution in [2.45, 2.75) is 32.4 Å². The van der Waals surface area contributed by atoms with E-state index in [-0.39, 0.29) is 0 Å². The first-order valence-corrected chi connectivity index (χ1v) is 8.24. The Labute approximate surface area is 132 Å². The molecule has 4 nitrogen and oxygen atoms in total. The first-order valence-electron chi connectivity index (χ1n) is 8.24. The highest BCUT2D eigenvalue weighted by atomic mass is 16.3. The van der Waals surface area contributed by atoms with Crippen molar-refractivity contribution in [2.24, 2.45) is 5.92 Å². The standard InChI is InChI=1S/C18H25N3O/c1-2-6-16(7-3-1)12-21-9-5-4-8-17(13-21)10-19-11-18-14-22-15-20-18/h1-3,6-7,14-15,17,19H,4-5,8-13H2. The molecule has 1 unspecified atom stereocenters. The van der Waals surface area contributed by atoms with Gasteiger partial charge in [0, 0.05) is 19.6 Å². The van der Waals surface area contributed by atoms with Crippen LogP contribution >= 0.6 is 0 Å². The summed E-state index contributed by atoms with van der Waals surface area (Å²) in [4.78, 5) is 6.75. The topological polar surface area (TPSA) is 41.3 Å². The molecule has 1 N–H and O–H groups in total. The number of likely N-dealkylation sites (tertiary alicyclic amines) is 1. The molecule has 1 aromatic heterocycles. The number of hydrogen-bond acceptors (Lipinski definition) is 4. The fourth-order valence-corrected chi connectivity index (χ4v) is 3.20. The van der Waals surface area contributed by atoms with Crippen LogP contribution in [0.15, 0.2) is 47.4 Å². The molecule has 118 valence electrons. The van der Waals surface area contributed by atoms with Crippen molar-refractivity contribution in [2.75, 3.05) is 19.6 Å². The molecule has 1 aliphatic rings. The lowest BCUT2D eigenvalue weighted by Crippen LogP contribution is -2.33. The van der Waals surface area contributed by atoms with E-state index in [1.807, 2.05) is 0 Å². The van der Waals surface area contributed by atoms with Crippen LogP contribution < -0.4 is 5.32 Å². The summed E-state index contributed by atoms with van der Waals surface area (Å²) in [6.07, 6.45) is 7.16. The largest absolute Gasteiger partial charge is 0.451 e. The van der Waals surface area contributed by atoms with Crippen LogP contribution in [0.25, 0.3) is 0 Å². The smallest absolute Gasteiger partial charge is 0.180 e. The van der Waals surface area contributed by atoms with Gasteiger partial charge in [-0.2, -0.15) is 0 Å². The van der Waals surface area contributed by atoms with Crippen molar-refractivity contribution in [3.63, 3.8) is 0 Å². The Kier molecular flexibility index (Phi) is 5.62. The molecule has 2 heterocycles. The first-order chi connectivity index (χ1) is 10.9. The quantitative estimate of drug-likeness (QED) is 0.890. The fourth-order valence-electron chi connectivity index (χ4n) is 3.20. The fraction of sp³-hybridized carbons (Fsp3) is 0.500. The maximum absolute atomic E-state index is 5.00. The summed E-state index contributed by atoms with van der Waals surface area (Å²) in [5.74, 6) is 0.720. The van der Waals surface area contributed by atoms with Crippen LogP contribution in [0.3, 0.4) is 0 Å². The molecule has 0 aliphatic carbocycles. The van der Waals surface area contributed by atoms with Crippen LogP contribution in [-0.4, -0.2) is 29.5 Å². The van der Waals surface area contributed by atoms with E-state index in [0.29, 0.717) is 0 Å². The number of aromatic nitrogens is 1. The number of hydrogen-bond donors (Lipinski definition) is 1. The predicted molar refractivity (Wildman–Crippen MR) is 87.3 cm³/mol. The van der Waals surface area contributed by atoms with Crippen molar-refractivity contribution in [3.05, 3.63) is 54.2 Å². The second kappa shape index (κ2) is 8.11. The molecule has 0 spiro atoms. The Balaban J connectivity index is 1.47. The van der Waals surface area contributed by atoms with Crippen molar-refractivity contribution in [1.82, 2.24) is 15.2 Å². The summed E-state index contributed by atoms with van der Waals surface area (Å²) in [5.41, 5.74) is 2.40. The molecule has 2 aromatic rings. The van der Waals surface area contributed by atoms with Gasteiger partial charge in [-0.1, -0.05) is 36.8 Å². The number of nitrogens with one attached hydrogen (secondary N) is 1. The van der Waals surface area contributed by atoms with E-state index >= 15 is 0 Å². The number of nitrogens with zero attached hydrogens (tertiary/aromatic N) is 2. The van der Waals surface area contributed by atoms with Gasteiger partial charge in [-0.3, -0.25) is 4.90 Å². The van der Waals surface area contributed by atoms with Crippen LogP contribution in [-0.2, 0) is 13.1 Å². The molecule has 1 aromatic carbocycles. The van der Waals surface area contributed by atoms with Crippen molar-refractivity contribution >= 4 is 0 Å². The molecule has 0 bridgehead atoms. The van der Waals surface area contributed by atoms with Crippen LogP contribution in [0, 0.1) is 5.92 Å². The zero-order valence-electron chi connectivity index (χ0n) is 13.1. The third-order valence-electron chi connectivity index (χ3n) is 4.32. The van der Waals surface area contributed by atoms with E-state index in [9.17, 15) is 0 Å². The molecule has 1 saturated heterocycles. The highest BCUT2D eigenvalue weighted by molar-refractivity contribution is 5.14. The van der Waals surface area contributed by atoms with Gasteiger partial charge in [0.15, 0.2) is 6.39 Å². The Hall–Kier alpha value is -1.65.